The molecule has 0 aromatic carbocycles. The van der Waals surface area contributed by atoms with Crippen LogP contribution < -0.4 is 0 Å². The summed E-state index contributed by atoms with van der Waals surface area (Å²) in [6, 6.07) is 3.77. The lowest BCUT2D eigenvalue weighted by Crippen LogP contribution is -2.18. The third kappa shape index (κ3) is 4.44. The maximum atomic E-state index is 9.53. The normalized spacial score (nSPS) is 13.4. The predicted octanol–water partition coefficient (Wildman–Crippen LogP) is 2.00. The van der Waals surface area contributed by atoms with E-state index in [9.17, 15) is 5.11 Å². The number of aliphatic hydroxyl groups is 1. The zero-order chi connectivity index (χ0) is 10.4. The van der Waals surface area contributed by atoms with Gasteiger partial charge in [0.1, 0.15) is 5.76 Å². The van der Waals surface area contributed by atoms with Gasteiger partial charge in [-0.25, -0.2) is 0 Å². The lowest BCUT2D eigenvalue weighted by Gasteiger charge is -2.12. The molecule has 1 unspecified atom stereocenters. The van der Waals surface area contributed by atoms with Gasteiger partial charge in [0, 0.05) is 6.42 Å². The molecule has 1 atom stereocenters. The first kappa shape index (κ1) is 11.3. The largest absolute Gasteiger partial charge is 0.469 e. The Morgan fingerprint density at radius 1 is 1.50 bits per heavy atom. The van der Waals surface area contributed by atoms with Crippen molar-refractivity contribution in [2.75, 3.05) is 6.61 Å². The Kier molecular flexibility index (Phi) is 4.70. The van der Waals surface area contributed by atoms with Crippen molar-refractivity contribution < 1.29 is 14.3 Å². The van der Waals surface area contributed by atoms with Crippen LogP contribution in [-0.2, 0) is 11.2 Å². The van der Waals surface area contributed by atoms with E-state index in [1.165, 1.54) is 0 Å². The number of aliphatic hydroxyl groups excluding tert-OH is 1. The summed E-state index contributed by atoms with van der Waals surface area (Å²) < 4.78 is 10.5. The number of furan rings is 1. The maximum absolute atomic E-state index is 9.53. The van der Waals surface area contributed by atoms with E-state index in [1.54, 1.807) is 6.26 Å². The number of hydrogen-bond acceptors (Lipinski definition) is 3. The summed E-state index contributed by atoms with van der Waals surface area (Å²) in [5.41, 5.74) is 0. The molecule has 0 saturated heterocycles. The minimum Gasteiger partial charge on any atom is -0.469 e. The van der Waals surface area contributed by atoms with E-state index in [1.807, 2.05) is 26.0 Å². The minimum absolute atomic E-state index is 0.174. The second kappa shape index (κ2) is 5.83. The van der Waals surface area contributed by atoms with Gasteiger partial charge in [-0.3, -0.25) is 0 Å². The number of ether oxygens (including phenoxy) is 1. The average Bonchev–Trinajstić information content (AvgIpc) is 2.63. The molecule has 80 valence electrons. The molecule has 3 heteroatoms. The summed E-state index contributed by atoms with van der Waals surface area (Å²) in [6.07, 6.45) is 2.86. The zero-order valence-corrected chi connectivity index (χ0v) is 8.77. The van der Waals surface area contributed by atoms with Gasteiger partial charge in [-0.1, -0.05) is 0 Å². The van der Waals surface area contributed by atoms with Gasteiger partial charge in [-0.05, 0) is 32.4 Å². The number of aryl methyl sites for hydroxylation is 1. The Morgan fingerprint density at radius 2 is 2.29 bits per heavy atom. The van der Waals surface area contributed by atoms with Gasteiger partial charge in [0.25, 0.3) is 0 Å². The first-order chi connectivity index (χ1) is 6.68. The van der Waals surface area contributed by atoms with Crippen LogP contribution in [0.2, 0.25) is 0 Å². The standard InChI is InChI=1S/C11H18O3/c1-9(2)14-8-10(12)5-6-11-4-3-7-13-11/h3-4,7,9-10,12H,5-6,8H2,1-2H3. The third-order valence-corrected chi connectivity index (χ3v) is 1.93. The van der Waals surface area contributed by atoms with Crippen LogP contribution in [0, 0.1) is 0 Å². The van der Waals surface area contributed by atoms with Gasteiger partial charge in [-0.15, -0.1) is 0 Å². The first-order valence-corrected chi connectivity index (χ1v) is 5.00. The van der Waals surface area contributed by atoms with Crippen LogP contribution in [0.5, 0.6) is 0 Å². The van der Waals surface area contributed by atoms with Gasteiger partial charge < -0.3 is 14.3 Å². The molecule has 0 spiro atoms. The molecule has 1 rings (SSSR count). The van der Waals surface area contributed by atoms with E-state index in [0.29, 0.717) is 13.0 Å². The summed E-state index contributed by atoms with van der Waals surface area (Å²) in [6.45, 7) is 4.32. The van der Waals surface area contributed by atoms with E-state index >= 15 is 0 Å². The molecule has 3 nitrogen and oxygen atoms in total. The fourth-order valence-corrected chi connectivity index (χ4v) is 1.15. The molecular weight excluding hydrogens is 180 g/mol. The molecule has 1 aromatic heterocycles. The van der Waals surface area contributed by atoms with Crippen LogP contribution in [0.1, 0.15) is 26.0 Å². The lowest BCUT2D eigenvalue weighted by atomic mass is 10.2. The summed E-state index contributed by atoms with van der Waals surface area (Å²) in [5, 5.41) is 9.53. The summed E-state index contributed by atoms with van der Waals surface area (Å²) in [5.74, 6) is 0.911. The van der Waals surface area contributed by atoms with Crippen molar-refractivity contribution in [1.29, 1.82) is 0 Å². The van der Waals surface area contributed by atoms with Crippen LogP contribution in [-0.4, -0.2) is 23.9 Å². The summed E-state index contributed by atoms with van der Waals surface area (Å²) >= 11 is 0. The minimum atomic E-state index is -0.400. The van der Waals surface area contributed by atoms with Crippen molar-refractivity contribution in [3.63, 3.8) is 0 Å². The molecule has 1 aromatic rings. The van der Waals surface area contributed by atoms with Crippen molar-refractivity contribution >= 4 is 0 Å². The SMILES string of the molecule is CC(C)OCC(O)CCc1ccco1. The lowest BCUT2D eigenvalue weighted by molar-refractivity contribution is 0.00244. The molecule has 0 radical (unpaired) electrons. The van der Waals surface area contributed by atoms with Crippen molar-refractivity contribution in [3.8, 4) is 0 Å². The molecule has 1 N–H and O–H groups in total. The first-order valence-electron chi connectivity index (χ1n) is 5.00. The maximum Gasteiger partial charge on any atom is 0.103 e. The molecule has 0 amide bonds. The molecule has 0 aliphatic rings. The van der Waals surface area contributed by atoms with Crippen molar-refractivity contribution in [2.24, 2.45) is 0 Å². The monoisotopic (exact) mass is 198 g/mol. The quantitative estimate of drug-likeness (QED) is 0.760. The van der Waals surface area contributed by atoms with E-state index in [-0.39, 0.29) is 6.10 Å². The Balaban J connectivity index is 2.12. The predicted molar refractivity (Wildman–Crippen MR) is 54.1 cm³/mol. The molecule has 0 fully saturated rings. The Labute approximate surface area is 84.7 Å². The Hall–Kier alpha value is -0.800. The molecular formula is C11H18O3. The Morgan fingerprint density at radius 3 is 2.86 bits per heavy atom. The third-order valence-electron chi connectivity index (χ3n) is 1.93. The van der Waals surface area contributed by atoms with Crippen LogP contribution >= 0.6 is 0 Å². The highest BCUT2D eigenvalue weighted by atomic mass is 16.5. The van der Waals surface area contributed by atoms with Gasteiger partial charge in [0.2, 0.25) is 0 Å². The number of rotatable bonds is 6. The van der Waals surface area contributed by atoms with Gasteiger partial charge >= 0.3 is 0 Å². The molecule has 14 heavy (non-hydrogen) atoms. The second-order valence-electron chi connectivity index (χ2n) is 3.65. The highest BCUT2D eigenvalue weighted by molar-refractivity contribution is 4.98. The zero-order valence-electron chi connectivity index (χ0n) is 8.77. The van der Waals surface area contributed by atoms with Crippen molar-refractivity contribution in [2.45, 2.75) is 38.9 Å². The van der Waals surface area contributed by atoms with Crippen molar-refractivity contribution in [3.05, 3.63) is 24.2 Å². The van der Waals surface area contributed by atoms with Gasteiger partial charge in [0.15, 0.2) is 0 Å². The second-order valence-corrected chi connectivity index (χ2v) is 3.65. The van der Waals surface area contributed by atoms with Crippen LogP contribution in [0.15, 0.2) is 22.8 Å². The van der Waals surface area contributed by atoms with Crippen molar-refractivity contribution in [1.82, 2.24) is 0 Å². The average molecular weight is 198 g/mol. The molecule has 0 bridgehead atoms. The highest BCUT2D eigenvalue weighted by Crippen LogP contribution is 2.06. The molecule has 0 saturated carbocycles. The number of hydrogen-bond donors (Lipinski definition) is 1. The summed E-state index contributed by atoms with van der Waals surface area (Å²) in [7, 11) is 0. The van der Waals surface area contributed by atoms with Gasteiger partial charge in [-0.2, -0.15) is 0 Å². The van der Waals surface area contributed by atoms with E-state index in [0.717, 1.165) is 12.2 Å². The highest BCUT2D eigenvalue weighted by Gasteiger charge is 2.06. The smallest absolute Gasteiger partial charge is 0.103 e. The van der Waals surface area contributed by atoms with Crippen LogP contribution in [0.3, 0.4) is 0 Å². The fourth-order valence-electron chi connectivity index (χ4n) is 1.15. The van der Waals surface area contributed by atoms with Crippen LogP contribution in [0.4, 0.5) is 0 Å². The van der Waals surface area contributed by atoms with Crippen LogP contribution in [0.25, 0.3) is 0 Å². The molecule has 1 heterocycles. The Bertz CT molecular complexity index is 229. The van der Waals surface area contributed by atoms with E-state index in [2.05, 4.69) is 0 Å². The fraction of sp³-hybridized carbons (Fsp3) is 0.636. The molecule has 0 aliphatic carbocycles. The molecule has 0 aliphatic heterocycles. The van der Waals surface area contributed by atoms with E-state index in [4.69, 9.17) is 9.15 Å². The van der Waals surface area contributed by atoms with Gasteiger partial charge in [0.05, 0.1) is 25.1 Å². The summed E-state index contributed by atoms with van der Waals surface area (Å²) in [4.78, 5) is 0. The van der Waals surface area contributed by atoms with E-state index < -0.39 is 6.10 Å². The topological polar surface area (TPSA) is 42.6 Å².